The highest BCUT2D eigenvalue weighted by atomic mass is 16.5. The Morgan fingerprint density at radius 1 is 0.824 bits per heavy atom. The highest BCUT2D eigenvalue weighted by molar-refractivity contribution is 5.97. The number of benzene rings is 3. The average Bonchev–Trinajstić information content (AvgIpc) is 3.11. The van der Waals surface area contributed by atoms with Crippen molar-refractivity contribution < 1.29 is 43.3 Å². The zero-order valence-corrected chi connectivity index (χ0v) is 28.9. The SMILES string of the molecule is CC(C)NCc1ccc(C(=O)N[C@@H](Cc2ccc3ccccc3c2)C(=O)NCCCC[C@H](NC(=O)N[C@@H](CCC(=O)O)COC=O)OC=O)cc1. The van der Waals surface area contributed by atoms with Crippen LogP contribution in [-0.2, 0) is 41.6 Å². The van der Waals surface area contributed by atoms with Gasteiger partial charge in [0.25, 0.3) is 18.9 Å². The van der Waals surface area contributed by atoms with Crippen molar-refractivity contribution in [3.05, 3.63) is 83.4 Å². The minimum absolute atomic E-state index is 0.0141. The third-order valence-corrected chi connectivity index (χ3v) is 7.92. The highest BCUT2D eigenvalue weighted by Gasteiger charge is 2.23. The number of carboxylic acids is 1. The van der Waals surface area contributed by atoms with Crippen LogP contribution in [0, 0.1) is 0 Å². The first-order valence-corrected chi connectivity index (χ1v) is 16.9. The molecule has 3 atom stereocenters. The Hall–Kier alpha value is -5.50. The van der Waals surface area contributed by atoms with Crippen LogP contribution in [0.4, 0.5) is 4.79 Å². The third-order valence-electron chi connectivity index (χ3n) is 7.92. The number of carboxylic acid groups (broad SMARTS) is 1. The average molecular weight is 706 g/mol. The molecule has 0 bridgehead atoms. The van der Waals surface area contributed by atoms with E-state index in [1.54, 1.807) is 12.1 Å². The predicted octanol–water partition coefficient (Wildman–Crippen LogP) is 3.17. The van der Waals surface area contributed by atoms with Gasteiger partial charge in [0.15, 0.2) is 6.23 Å². The number of ether oxygens (including phenoxy) is 2. The molecule has 0 aliphatic rings. The molecule has 0 unspecified atom stereocenters. The van der Waals surface area contributed by atoms with Crippen molar-refractivity contribution in [2.75, 3.05) is 13.2 Å². The van der Waals surface area contributed by atoms with E-state index in [1.165, 1.54) is 0 Å². The number of hydrogen-bond donors (Lipinski definition) is 6. The van der Waals surface area contributed by atoms with Gasteiger partial charge in [-0.1, -0.05) is 68.4 Å². The van der Waals surface area contributed by atoms with Crippen LogP contribution in [0.25, 0.3) is 10.8 Å². The second-order valence-electron chi connectivity index (χ2n) is 12.3. The number of urea groups is 1. The molecule has 4 amide bonds. The second-order valence-corrected chi connectivity index (χ2v) is 12.3. The summed E-state index contributed by atoms with van der Waals surface area (Å²) in [6, 6.07) is 19.0. The van der Waals surface area contributed by atoms with Gasteiger partial charge in [-0.3, -0.25) is 24.0 Å². The van der Waals surface area contributed by atoms with Crippen molar-refractivity contribution in [3.8, 4) is 0 Å². The standard InChI is InChI=1S/C37H47N5O9/c1-25(2)39-21-26-10-14-29(15-11-26)35(47)41-32(20-27-12-13-28-7-3-4-8-30(28)19-27)36(48)38-18-6-5-9-33(51-24-44)42-37(49)40-31(22-50-23-43)16-17-34(45)46/h3-4,7-8,10-15,19,23-25,31-33,39H,5-6,9,16-18,20-22H2,1-2H3,(H,38,48)(H,41,47)(H,45,46)(H2,40,42,49)/t31-,32-,33+/m0/s1. The summed E-state index contributed by atoms with van der Waals surface area (Å²) in [5.74, 6) is -1.82. The number of rotatable bonds is 23. The molecule has 51 heavy (non-hydrogen) atoms. The summed E-state index contributed by atoms with van der Waals surface area (Å²) in [6.45, 7) is 5.19. The lowest BCUT2D eigenvalue weighted by atomic mass is 10.0. The van der Waals surface area contributed by atoms with Gasteiger partial charge in [0.05, 0.1) is 6.04 Å². The minimum atomic E-state index is -1.08. The van der Waals surface area contributed by atoms with E-state index < -0.39 is 30.3 Å². The lowest BCUT2D eigenvalue weighted by Crippen LogP contribution is -2.49. The maximum Gasteiger partial charge on any atom is 0.317 e. The van der Waals surface area contributed by atoms with Gasteiger partial charge in [0.1, 0.15) is 12.6 Å². The quantitative estimate of drug-likeness (QED) is 0.0484. The predicted molar refractivity (Wildman–Crippen MR) is 189 cm³/mol. The van der Waals surface area contributed by atoms with Gasteiger partial charge in [-0.2, -0.15) is 0 Å². The molecule has 0 aliphatic carbocycles. The summed E-state index contributed by atoms with van der Waals surface area (Å²) in [5, 5.41) is 25.1. The molecule has 0 aromatic heterocycles. The Kier molecular flexibility index (Phi) is 16.9. The largest absolute Gasteiger partial charge is 0.481 e. The monoisotopic (exact) mass is 705 g/mol. The Labute approximate surface area is 297 Å². The molecule has 0 fully saturated rings. The lowest BCUT2D eigenvalue weighted by molar-refractivity contribution is -0.137. The molecule has 6 N–H and O–H groups in total. The molecule has 0 aliphatic heterocycles. The number of carbonyl (C=O) groups excluding carboxylic acids is 5. The molecule has 0 saturated carbocycles. The Bertz CT molecular complexity index is 1600. The number of nitrogens with one attached hydrogen (secondary N) is 5. The zero-order valence-electron chi connectivity index (χ0n) is 28.9. The normalized spacial score (nSPS) is 12.6. The van der Waals surface area contributed by atoms with E-state index in [0.717, 1.165) is 21.9 Å². The Morgan fingerprint density at radius 3 is 2.24 bits per heavy atom. The van der Waals surface area contributed by atoms with E-state index in [1.807, 2.05) is 54.6 Å². The minimum Gasteiger partial charge on any atom is -0.481 e. The van der Waals surface area contributed by atoms with Crippen molar-refractivity contribution in [1.29, 1.82) is 0 Å². The summed E-state index contributed by atoms with van der Waals surface area (Å²) >= 11 is 0. The summed E-state index contributed by atoms with van der Waals surface area (Å²) in [5.41, 5.74) is 2.35. The fourth-order valence-electron chi connectivity index (χ4n) is 5.20. The van der Waals surface area contributed by atoms with Crippen LogP contribution in [0.3, 0.4) is 0 Å². The van der Waals surface area contributed by atoms with Gasteiger partial charge in [-0.25, -0.2) is 4.79 Å². The fraction of sp³-hybridized carbons (Fsp3) is 0.405. The number of carbonyl (C=O) groups is 6. The van der Waals surface area contributed by atoms with Gasteiger partial charge in [-0.15, -0.1) is 0 Å². The molecule has 3 aromatic carbocycles. The van der Waals surface area contributed by atoms with Crippen LogP contribution in [0.1, 0.15) is 67.4 Å². The van der Waals surface area contributed by atoms with E-state index in [9.17, 15) is 28.8 Å². The van der Waals surface area contributed by atoms with Crippen LogP contribution in [0.15, 0.2) is 66.7 Å². The molecular weight excluding hydrogens is 658 g/mol. The van der Waals surface area contributed by atoms with E-state index in [-0.39, 0.29) is 63.6 Å². The molecule has 3 aromatic rings. The van der Waals surface area contributed by atoms with Gasteiger partial charge in [0, 0.05) is 44.0 Å². The van der Waals surface area contributed by atoms with Crippen molar-refractivity contribution >= 4 is 47.5 Å². The molecule has 0 saturated heterocycles. The van der Waals surface area contributed by atoms with Crippen LogP contribution >= 0.6 is 0 Å². The Balaban J connectivity index is 1.57. The van der Waals surface area contributed by atoms with Crippen molar-refractivity contribution in [2.24, 2.45) is 0 Å². The third kappa shape index (κ3) is 14.9. The van der Waals surface area contributed by atoms with Crippen molar-refractivity contribution in [1.82, 2.24) is 26.6 Å². The number of amides is 4. The first-order valence-electron chi connectivity index (χ1n) is 16.9. The lowest BCUT2D eigenvalue weighted by Gasteiger charge is -2.21. The van der Waals surface area contributed by atoms with Crippen molar-refractivity contribution in [3.63, 3.8) is 0 Å². The topological polar surface area (TPSA) is 201 Å². The zero-order chi connectivity index (χ0) is 37.0. The fourth-order valence-corrected chi connectivity index (χ4v) is 5.20. The number of fused-ring (bicyclic) bond motifs is 1. The number of hydrogen-bond acceptors (Lipinski definition) is 9. The molecule has 274 valence electrons. The highest BCUT2D eigenvalue weighted by Crippen LogP contribution is 2.17. The Morgan fingerprint density at radius 2 is 1.55 bits per heavy atom. The smallest absolute Gasteiger partial charge is 0.317 e. The molecule has 14 heteroatoms. The first-order chi connectivity index (χ1) is 24.6. The number of aliphatic carboxylic acids is 1. The van der Waals surface area contributed by atoms with E-state index in [4.69, 9.17) is 9.84 Å². The van der Waals surface area contributed by atoms with Crippen LogP contribution in [0.5, 0.6) is 0 Å². The summed E-state index contributed by atoms with van der Waals surface area (Å²) in [4.78, 5) is 71.7. The van der Waals surface area contributed by atoms with Gasteiger partial charge in [0.2, 0.25) is 5.91 Å². The molecular formula is C37H47N5O9. The van der Waals surface area contributed by atoms with Gasteiger partial charge < -0.3 is 41.2 Å². The maximum atomic E-state index is 13.5. The summed E-state index contributed by atoms with van der Waals surface area (Å²) < 4.78 is 9.64. The van der Waals surface area contributed by atoms with Gasteiger partial charge in [-0.05, 0) is 53.3 Å². The maximum absolute atomic E-state index is 13.5. The van der Waals surface area contributed by atoms with Crippen LogP contribution in [-0.4, -0.2) is 79.4 Å². The van der Waals surface area contributed by atoms with Crippen LogP contribution in [0.2, 0.25) is 0 Å². The number of unbranched alkanes of at least 4 members (excludes halogenated alkanes) is 1. The van der Waals surface area contributed by atoms with Crippen molar-refractivity contribution in [2.45, 2.75) is 83.3 Å². The molecule has 14 nitrogen and oxygen atoms in total. The first kappa shape index (κ1) is 39.9. The van der Waals surface area contributed by atoms with Crippen LogP contribution < -0.4 is 26.6 Å². The van der Waals surface area contributed by atoms with E-state index in [0.29, 0.717) is 31.0 Å². The molecule has 0 radical (unpaired) electrons. The van der Waals surface area contributed by atoms with Gasteiger partial charge >= 0.3 is 12.0 Å². The second kappa shape index (κ2) is 21.6. The molecule has 0 heterocycles. The summed E-state index contributed by atoms with van der Waals surface area (Å²) in [6.07, 6.45) is 0.132. The van der Waals surface area contributed by atoms with E-state index in [2.05, 4.69) is 45.2 Å². The molecule has 3 rings (SSSR count). The van der Waals surface area contributed by atoms with E-state index >= 15 is 0 Å². The summed E-state index contributed by atoms with van der Waals surface area (Å²) in [7, 11) is 0. The molecule has 0 spiro atoms.